The molecule has 0 spiro atoms. The van der Waals surface area contributed by atoms with Gasteiger partial charge in [0.1, 0.15) is 0 Å². The summed E-state index contributed by atoms with van der Waals surface area (Å²) in [6.07, 6.45) is 3.09. The number of aromatic nitrogens is 1. The van der Waals surface area contributed by atoms with Gasteiger partial charge >= 0.3 is 0 Å². The van der Waals surface area contributed by atoms with E-state index in [1.165, 1.54) is 0 Å². The number of pyridine rings is 1. The Hall–Kier alpha value is -0.990. The average molecular weight is 297 g/mol. The highest BCUT2D eigenvalue weighted by atomic mass is 35.5. The predicted molar refractivity (Wildman–Crippen MR) is 84.5 cm³/mol. The molecule has 1 aromatic carbocycles. The molecule has 0 aliphatic heterocycles. The third-order valence-electron chi connectivity index (χ3n) is 2.96. The highest BCUT2D eigenvalue weighted by molar-refractivity contribution is 6.38. The zero-order valence-corrected chi connectivity index (χ0v) is 12.8. The summed E-state index contributed by atoms with van der Waals surface area (Å²) in [5, 5.41) is 5.68. The molecule has 2 rings (SSSR count). The minimum atomic E-state index is 0.611. The average Bonchev–Trinajstić information content (AvgIpc) is 2.37. The van der Waals surface area contributed by atoms with E-state index < -0.39 is 0 Å². The Morgan fingerprint density at radius 2 is 1.89 bits per heavy atom. The van der Waals surface area contributed by atoms with Gasteiger partial charge in [0.05, 0.1) is 10.5 Å². The fourth-order valence-electron chi connectivity index (χ4n) is 2.10. The van der Waals surface area contributed by atoms with Crippen molar-refractivity contribution in [2.24, 2.45) is 0 Å². The number of hydrogen-bond acceptors (Lipinski definition) is 2. The molecular weight excluding hydrogens is 279 g/mol. The molecule has 1 N–H and O–H groups in total. The van der Waals surface area contributed by atoms with Crippen molar-refractivity contribution >= 4 is 39.8 Å². The summed E-state index contributed by atoms with van der Waals surface area (Å²) in [5.41, 5.74) is 2.97. The van der Waals surface area contributed by atoms with Crippen molar-refractivity contribution in [2.45, 2.75) is 33.1 Å². The third-order valence-corrected chi connectivity index (χ3v) is 3.46. The standard InChI is InChI=1S/C15H18Cl2N2/c1-3-5-11-9-14(18-6-4-2)12-7-10(16)8-13(17)15(12)19-11/h7-9H,3-6H2,1-2H3,(H,18,19). The van der Waals surface area contributed by atoms with Gasteiger partial charge in [-0.15, -0.1) is 0 Å². The molecule has 0 bridgehead atoms. The number of halogens is 2. The van der Waals surface area contributed by atoms with E-state index in [2.05, 4.69) is 30.2 Å². The molecule has 19 heavy (non-hydrogen) atoms. The maximum Gasteiger partial charge on any atom is 0.0913 e. The van der Waals surface area contributed by atoms with E-state index in [0.717, 1.165) is 48.1 Å². The molecule has 1 aromatic heterocycles. The van der Waals surface area contributed by atoms with Crippen molar-refractivity contribution in [3.8, 4) is 0 Å². The van der Waals surface area contributed by atoms with Crippen LogP contribution in [-0.4, -0.2) is 11.5 Å². The summed E-state index contributed by atoms with van der Waals surface area (Å²) in [5.74, 6) is 0. The Morgan fingerprint density at radius 3 is 2.58 bits per heavy atom. The maximum absolute atomic E-state index is 6.27. The lowest BCUT2D eigenvalue weighted by molar-refractivity contribution is 0.889. The van der Waals surface area contributed by atoms with Crippen LogP contribution >= 0.6 is 23.2 Å². The van der Waals surface area contributed by atoms with Gasteiger partial charge in [-0.05, 0) is 31.0 Å². The summed E-state index contributed by atoms with van der Waals surface area (Å²) in [6.45, 7) is 5.21. The Morgan fingerprint density at radius 1 is 1.11 bits per heavy atom. The minimum Gasteiger partial charge on any atom is -0.384 e. The fraction of sp³-hybridized carbons (Fsp3) is 0.400. The molecule has 0 unspecified atom stereocenters. The van der Waals surface area contributed by atoms with Crippen molar-refractivity contribution in [3.05, 3.63) is 33.9 Å². The van der Waals surface area contributed by atoms with Crippen LogP contribution in [0, 0.1) is 0 Å². The molecule has 0 saturated carbocycles. The van der Waals surface area contributed by atoms with Crippen LogP contribution in [0.3, 0.4) is 0 Å². The minimum absolute atomic E-state index is 0.611. The van der Waals surface area contributed by atoms with Crippen LogP contribution in [0.25, 0.3) is 10.9 Å². The number of nitrogens with zero attached hydrogens (tertiary/aromatic N) is 1. The molecule has 0 atom stereocenters. The Balaban J connectivity index is 2.60. The molecule has 0 aliphatic carbocycles. The number of hydrogen-bond donors (Lipinski definition) is 1. The van der Waals surface area contributed by atoms with Gasteiger partial charge in [0.25, 0.3) is 0 Å². The SMILES string of the molecule is CCCNc1cc(CCC)nc2c(Cl)cc(Cl)cc12. The van der Waals surface area contributed by atoms with Gasteiger partial charge in [-0.2, -0.15) is 0 Å². The second-order valence-electron chi connectivity index (χ2n) is 4.62. The highest BCUT2D eigenvalue weighted by Gasteiger charge is 2.09. The van der Waals surface area contributed by atoms with Gasteiger partial charge in [0.2, 0.25) is 0 Å². The maximum atomic E-state index is 6.27. The molecule has 4 heteroatoms. The van der Waals surface area contributed by atoms with Crippen LogP contribution in [0.1, 0.15) is 32.4 Å². The van der Waals surface area contributed by atoms with E-state index in [1.54, 1.807) is 6.07 Å². The molecule has 102 valence electrons. The lowest BCUT2D eigenvalue weighted by Gasteiger charge is -2.12. The van der Waals surface area contributed by atoms with Crippen molar-refractivity contribution < 1.29 is 0 Å². The van der Waals surface area contributed by atoms with Gasteiger partial charge < -0.3 is 5.32 Å². The van der Waals surface area contributed by atoms with E-state index in [4.69, 9.17) is 23.2 Å². The quantitative estimate of drug-likeness (QED) is 0.808. The number of anilines is 1. The molecule has 0 fully saturated rings. The molecule has 0 amide bonds. The van der Waals surface area contributed by atoms with Gasteiger partial charge in [-0.25, -0.2) is 0 Å². The first-order valence-corrected chi connectivity index (χ1v) is 7.43. The first-order valence-electron chi connectivity index (χ1n) is 6.68. The summed E-state index contributed by atoms with van der Waals surface area (Å²) in [7, 11) is 0. The number of rotatable bonds is 5. The van der Waals surface area contributed by atoms with Crippen LogP contribution in [0.4, 0.5) is 5.69 Å². The predicted octanol–water partition coefficient (Wildman–Crippen LogP) is 5.32. The van der Waals surface area contributed by atoms with Crippen molar-refractivity contribution in [3.63, 3.8) is 0 Å². The zero-order valence-electron chi connectivity index (χ0n) is 11.3. The normalized spacial score (nSPS) is 10.9. The van der Waals surface area contributed by atoms with Gasteiger partial charge in [0.15, 0.2) is 0 Å². The monoisotopic (exact) mass is 296 g/mol. The summed E-state index contributed by atoms with van der Waals surface area (Å²) < 4.78 is 0. The van der Waals surface area contributed by atoms with E-state index in [-0.39, 0.29) is 0 Å². The van der Waals surface area contributed by atoms with E-state index in [0.29, 0.717) is 10.0 Å². The van der Waals surface area contributed by atoms with Gasteiger partial charge in [-0.1, -0.05) is 43.5 Å². The number of fused-ring (bicyclic) bond motifs is 1. The zero-order chi connectivity index (χ0) is 13.8. The summed E-state index contributed by atoms with van der Waals surface area (Å²) in [4.78, 5) is 4.64. The molecule has 0 saturated heterocycles. The Bertz CT molecular complexity index is 582. The lowest BCUT2D eigenvalue weighted by Crippen LogP contribution is -2.03. The molecule has 0 radical (unpaired) electrons. The largest absolute Gasteiger partial charge is 0.384 e. The van der Waals surface area contributed by atoms with Crippen LogP contribution in [0.5, 0.6) is 0 Å². The Kier molecular flexibility index (Phi) is 4.89. The number of nitrogens with one attached hydrogen (secondary N) is 1. The summed E-state index contributed by atoms with van der Waals surface area (Å²) >= 11 is 12.4. The molecule has 2 nitrogen and oxygen atoms in total. The first kappa shape index (κ1) is 14.4. The number of benzene rings is 1. The van der Waals surface area contributed by atoms with Crippen LogP contribution in [0.15, 0.2) is 18.2 Å². The molecule has 1 heterocycles. The van der Waals surface area contributed by atoms with E-state index in [1.807, 2.05) is 6.07 Å². The Labute approximate surface area is 124 Å². The van der Waals surface area contributed by atoms with Gasteiger partial charge in [0, 0.05) is 28.3 Å². The summed E-state index contributed by atoms with van der Waals surface area (Å²) in [6, 6.07) is 5.77. The van der Waals surface area contributed by atoms with E-state index in [9.17, 15) is 0 Å². The molecular formula is C15H18Cl2N2. The fourth-order valence-corrected chi connectivity index (χ4v) is 2.63. The van der Waals surface area contributed by atoms with Gasteiger partial charge in [-0.3, -0.25) is 4.98 Å². The highest BCUT2D eigenvalue weighted by Crippen LogP contribution is 2.32. The molecule has 0 aliphatic rings. The van der Waals surface area contributed by atoms with Crippen LogP contribution < -0.4 is 5.32 Å². The first-order chi connectivity index (χ1) is 9.15. The second-order valence-corrected chi connectivity index (χ2v) is 5.47. The lowest BCUT2D eigenvalue weighted by atomic mass is 10.1. The van der Waals surface area contributed by atoms with Crippen molar-refractivity contribution in [2.75, 3.05) is 11.9 Å². The smallest absolute Gasteiger partial charge is 0.0913 e. The third kappa shape index (κ3) is 3.31. The van der Waals surface area contributed by atoms with Crippen molar-refractivity contribution in [1.82, 2.24) is 4.98 Å². The van der Waals surface area contributed by atoms with Crippen LogP contribution in [0.2, 0.25) is 10.0 Å². The van der Waals surface area contributed by atoms with E-state index >= 15 is 0 Å². The number of aryl methyl sites for hydroxylation is 1. The van der Waals surface area contributed by atoms with Crippen LogP contribution in [-0.2, 0) is 6.42 Å². The van der Waals surface area contributed by atoms with Crippen molar-refractivity contribution in [1.29, 1.82) is 0 Å². The second kappa shape index (κ2) is 6.44. The molecule has 2 aromatic rings. The topological polar surface area (TPSA) is 24.9 Å².